The van der Waals surface area contributed by atoms with E-state index in [2.05, 4.69) is 16.0 Å². The minimum Gasteiger partial charge on any atom is -0.497 e. The Balaban J connectivity index is 1.93. The van der Waals surface area contributed by atoms with Crippen molar-refractivity contribution < 1.29 is 23.8 Å². The van der Waals surface area contributed by atoms with Gasteiger partial charge in [0.1, 0.15) is 17.2 Å². The molecule has 3 rings (SSSR count). The topological polar surface area (TPSA) is 97.9 Å². The van der Waals surface area contributed by atoms with Crippen LogP contribution >= 0.6 is 0 Å². The number of rotatable bonds is 7. The number of methoxy groups -OCH3 is 2. The SMILES string of the molecule is CCOc1ccc(NC(=O)C2=C(C)NC(=O)NC2c2ccc(OC)cc2OC)cc1. The number of urea groups is 1. The first-order valence-corrected chi connectivity index (χ1v) is 9.51. The quantitative estimate of drug-likeness (QED) is 0.649. The van der Waals surface area contributed by atoms with E-state index in [0.717, 1.165) is 5.75 Å². The summed E-state index contributed by atoms with van der Waals surface area (Å²) in [5, 5.41) is 8.35. The van der Waals surface area contributed by atoms with E-state index in [-0.39, 0.29) is 5.91 Å². The van der Waals surface area contributed by atoms with Crippen LogP contribution in [0.15, 0.2) is 53.7 Å². The van der Waals surface area contributed by atoms with Gasteiger partial charge in [-0.15, -0.1) is 0 Å². The van der Waals surface area contributed by atoms with Gasteiger partial charge in [-0.2, -0.15) is 0 Å². The normalized spacial score (nSPS) is 15.7. The van der Waals surface area contributed by atoms with Crippen LogP contribution in [0.1, 0.15) is 25.5 Å². The molecule has 1 atom stereocenters. The Morgan fingerprint density at radius 2 is 1.77 bits per heavy atom. The standard InChI is InChI=1S/C22H25N3O5/c1-5-30-15-8-6-14(7-9-15)24-21(26)19-13(2)23-22(27)25-20(19)17-11-10-16(28-3)12-18(17)29-4/h6-12,20H,5H2,1-4H3,(H,24,26)(H2,23,25,27). The Hall–Kier alpha value is -3.68. The van der Waals surface area contributed by atoms with Crippen LogP contribution in [0.3, 0.4) is 0 Å². The van der Waals surface area contributed by atoms with E-state index in [1.165, 1.54) is 7.11 Å². The van der Waals surface area contributed by atoms with Gasteiger partial charge in [0.05, 0.1) is 32.4 Å². The summed E-state index contributed by atoms with van der Waals surface area (Å²) in [6, 6.07) is 11.2. The van der Waals surface area contributed by atoms with Crippen LogP contribution in [-0.4, -0.2) is 32.8 Å². The number of hydrogen-bond acceptors (Lipinski definition) is 5. The highest BCUT2D eigenvalue weighted by atomic mass is 16.5. The van der Waals surface area contributed by atoms with Crippen molar-refractivity contribution in [3.8, 4) is 17.2 Å². The zero-order chi connectivity index (χ0) is 21.7. The summed E-state index contributed by atoms with van der Waals surface area (Å²) in [6.07, 6.45) is 0. The van der Waals surface area contributed by atoms with Crippen molar-refractivity contribution in [2.24, 2.45) is 0 Å². The number of hydrogen-bond donors (Lipinski definition) is 3. The fourth-order valence-corrected chi connectivity index (χ4v) is 3.28. The zero-order valence-electron chi connectivity index (χ0n) is 17.4. The predicted molar refractivity (Wildman–Crippen MR) is 113 cm³/mol. The van der Waals surface area contributed by atoms with Crippen molar-refractivity contribution in [1.82, 2.24) is 10.6 Å². The van der Waals surface area contributed by atoms with Crippen molar-refractivity contribution in [1.29, 1.82) is 0 Å². The molecule has 0 aliphatic carbocycles. The minimum atomic E-state index is -0.692. The molecule has 0 radical (unpaired) electrons. The molecule has 0 saturated carbocycles. The second-order valence-corrected chi connectivity index (χ2v) is 6.59. The van der Waals surface area contributed by atoms with Crippen LogP contribution in [0.25, 0.3) is 0 Å². The van der Waals surface area contributed by atoms with E-state index < -0.39 is 12.1 Å². The van der Waals surface area contributed by atoms with Crippen LogP contribution in [0.5, 0.6) is 17.2 Å². The summed E-state index contributed by atoms with van der Waals surface area (Å²) in [5.74, 6) is 1.49. The van der Waals surface area contributed by atoms with Gasteiger partial charge in [-0.25, -0.2) is 4.79 Å². The maximum atomic E-state index is 13.1. The van der Waals surface area contributed by atoms with Gasteiger partial charge in [-0.3, -0.25) is 4.79 Å². The minimum absolute atomic E-state index is 0.341. The third kappa shape index (κ3) is 4.48. The summed E-state index contributed by atoms with van der Waals surface area (Å²) >= 11 is 0. The van der Waals surface area contributed by atoms with Gasteiger partial charge in [-0.1, -0.05) is 0 Å². The molecule has 0 bridgehead atoms. The molecule has 158 valence electrons. The third-order valence-corrected chi connectivity index (χ3v) is 4.69. The molecule has 0 spiro atoms. The molecule has 3 N–H and O–H groups in total. The van der Waals surface area contributed by atoms with Crippen molar-refractivity contribution in [3.05, 3.63) is 59.3 Å². The highest BCUT2D eigenvalue weighted by Crippen LogP contribution is 2.35. The molecule has 1 unspecified atom stereocenters. The molecule has 8 nitrogen and oxygen atoms in total. The van der Waals surface area contributed by atoms with E-state index in [1.54, 1.807) is 56.5 Å². The average molecular weight is 411 g/mol. The fourth-order valence-electron chi connectivity index (χ4n) is 3.28. The van der Waals surface area contributed by atoms with Crippen LogP contribution in [0, 0.1) is 0 Å². The number of nitrogens with one attached hydrogen (secondary N) is 3. The van der Waals surface area contributed by atoms with Gasteiger partial charge >= 0.3 is 6.03 Å². The Bertz CT molecular complexity index is 969. The fraction of sp³-hybridized carbons (Fsp3) is 0.273. The Morgan fingerprint density at radius 1 is 1.07 bits per heavy atom. The summed E-state index contributed by atoms with van der Waals surface area (Å²) in [5.41, 5.74) is 2.10. The van der Waals surface area contributed by atoms with E-state index in [4.69, 9.17) is 14.2 Å². The molecule has 3 amide bonds. The number of anilines is 1. The van der Waals surface area contributed by atoms with E-state index in [1.807, 2.05) is 6.92 Å². The van der Waals surface area contributed by atoms with Gasteiger partial charge < -0.3 is 30.2 Å². The first-order chi connectivity index (χ1) is 14.5. The van der Waals surface area contributed by atoms with Gasteiger partial charge in [-0.05, 0) is 50.2 Å². The molecular formula is C22H25N3O5. The summed E-state index contributed by atoms with van der Waals surface area (Å²) in [7, 11) is 3.08. The molecule has 0 fully saturated rings. The number of carbonyl (C=O) groups excluding carboxylic acids is 2. The molecule has 0 saturated heterocycles. The Labute approximate surface area is 175 Å². The van der Waals surface area contributed by atoms with Crippen molar-refractivity contribution >= 4 is 17.6 Å². The lowest BCUT2D eigenvalue weighted by atomic mass is 9.94. The smallest absolute Gasteiger partial charge is 0.319 e. The van der Waals surface area contributed by atoms with E-state index in [0.29, 0.717) is 40.6 Å². The van der Waals surface area contributed by atoms with E-state index in [9.17, 15) is 9.59 Å². The number of allylic oxidation sites excluding steroid dienone is 1. The number of ether oxygens (including phenoxy) is 3. The van der Waals surface area contributed by atoms with Gasteiger partial charge in [0.15, 0.2) is 0 Å². The molecule has 1 aliphatic heterocycles. The lowest BCUT2D eigenvalue weighted by Crippen LogP contribution is -2.46. The summed E-state index contributed by atoms with van der Waals surface area (Å²) < 4.78 is 16.1. The van der Waals surface area contributed by atoms with Crippen LogP contribution in [0.4, 0.5) is 10.5 Å². The van der Waals surface area contributed by atoms with Crippen LogP contribution < -0.4 is 30.2 Å². The molecule has 8 heteroatoms. The van der Waals surface area contributed by atoms with Gasteiger partial charge in [0, 0.05) is 23.0 Å². The number of amides is 3. The largest absolute Gasteiger partial charge is 0.497 e. The summed E-state index contributed by atoms with van der Waals surface area (Å²) in [4.78, 5) is 25.3. The lowest BCUT2D eigenvalue weighted by molar-refractivity contribution is -0.113. The van der Waals surface area contributed by atoms with Crippen molar-refractivity contribution in [3.63, 3.8) is 0 Å². The van der Waals surface area contributed by atoms with Gasteiger partial charge in [0.25, 0.3) is 5.91 Å². The molecule has 2 aromatic carbocycles. The second-order valence-electron chi connectivity index (χ2n) is 6.59. The van der Waals surface area contributed by atoms with E-state index >= 15 is 0 Å². The highest BCUT2D eigenvalue weighted by molar-refractivity contribution is 6.06. The number of carbonyl (C=O) groups is 2. The average Bonchev–Trinajstić information content (AvgIpc) is 2.74. The Morgan fingerprint density at radius 3 is 2.40 bits per heavy atom. The maximum Gasteiger partial charge on any atom is 0.319 e. The number of benzene rings is 2. The monoisotopic (exact) mass is 411 g/mol. The van der Waals surface area contributed by atoms with Crippen LogP contribution in [-0.2, 0) is 4.79 Å². The highest BCUT2D eigenvalue weighted by Gasteiger charge is 2.33. The van der Waals surface area contributed by atoms with Crippen molar-refractivity contribution in [2.75, 3.05) is 26.1 Å². The first kappa shape index (κ1) is 21.0. The Kier molecular flexibility index (Phi) is 6.46. The molecular weight excluding hydrogens is 386 g/mol. The molecule has 2 aromatic rings. The molecule has 30 heavy (non-hydrogen) atoms. The summed E-state index contributed by atoms with van der Waals surface area (Å²) in [6.45, 7) is 4.16. The zero-order valence-corrected chi connectivity index (χ0v) is 17.4. The van der Waals surface area contributed by atoms with Crippen molar-refractivity contribution in [2.45, 2.75) is 19.9 Å². The predicted octanol–water partition coefficient (Wildman–Crippen LogP) is 3.37. The molecule has 1 aliphatic rings. The first-order valence-electron chi connectivity index (χ1n) is 9.51. The molecule has 1 heterocycles. The molecule has 0 aromatic heterocycles. The van der Waals surface area contributed by atoms with Crippen LogP contribution in [0.2, 0.25) is 0 Å². The lowest BCUT2D eigenvalue weighted by Gasteiger charge is -2.29. The maximum absolute atomic E-state index is 13.1. The van der Waals surface area contributed by atoms with Gasteiger partial charge in [0.2, 0.25) is 0 Å². The third-order valence-electron chi connectivity index (χ3n) is 4.69. The second kappa shape index (κ2) is 9.21.